The largest absolute Gasteiger partial charge is 0.354 e. The zero-order chi connectivity index (χ0) is 27.0. The minimum atomic E-state index is -0.752. The molecule has 4 aromatic rings. The van der Waals surface area contributed by atoms with Gasteiger partial charge in [0.2, 0.25) is 5.91 Å². The molecule has 0 fully saturated rings. The highest BCUT2D eigenvalue weighted by molar-refractivity contribution is 6.06. The Kier molecular flexibility index (Phi) is 6.58. The third-order valence-corrected chi connectivity index (χ3v) is 6.88. The molecule has 0 radical (unpaired) electrons. The monoisotopic (exact) mass is 515 g/mol. The number of imidazole rings is 1. The van der Waals surface area contributed by atoms with E-state index in [1.165, 1.54) is 12.1 Å². The second-order valence-electron chi connectivity index (χ2n) is 10.2. The number of halogens is 1. The average molecular weight is 516 g/mol. The van der Waals surface area contributed by atoms with Crippen LogP contribution < -0.4 is 16.0 Å². The van der Waals surface area contributed by atoms with E-state index in [1.807, 2.05) is 51.0 Å². The van der Waals surface area contributed by atoms with Gasteiger partial charge >= 0.3 is 0 Å². The maximum atomic E-state index is 13.6. The molecule has 196 valence electrons. The summed E-state index contributed by atoms with van der Waals surface area (Å²) < 4.78 is 15.4. The Morgan fingerprint density at radius 2 is 1.97 bits per heavy atom. The zero-order valence-electron chi connectivity index (χ0n) is 21.8. The summed E-state index contributed by atoms with van der Waals surface area (Å²) in [6, 6.07) is 10.2. The highest BCUT2D eigenvalue weighted by Gasteiger charge is 2.30. The Bertz CT molecular complexity index is 1530. The maximum Gasteiger partial charge on any atom is 0.254 e. The van der Waals surface area contributed by atoms with E-state index in [4.69, 9.17) is 0 Å². The molecule has 3 aromatic heterocycles. The molecular weight excluding hydrogens is 485 g/mol. The van der Waals surface area contributed by atoms with Crippen LogP contribution in [-0.4, -0.2) is 58.3 Å². The van der Waals surface area contributed by atoms with Crippen LogP contribution in [0.3, 0.4) is 0 Å². The molecule has 4 heterocycles. The molecule has 1 aromatic carbocycles. The number of rotatable bonds is 8. The number of nitrogens with one attached hydrogen (secondary N) is 3. The lowest BCUT2D eigenvalue weighted by molar-refractivity contribution is -0.125. The summed E-state index contributed by atoms with van der Waals surface area (Å²) in [7, 11) is 3.92. The number of carbonyl (C=O) groups is 2. The Balaban J connectivity index is 1.39. The van der Waals surface area contributed by atoms with Crippen molar-refractivity contribution in [3.63, 3.8) is 0 Å². The normalized spacial score (nSPS) is 13.1. The third-order valence-electron chi connectivity index (χ3n) is 6.88. The second-order valence-corrected chi connectivity index (χ2v) is 10.2. The van der Waals surface area contributed by atoms with Crippen LogP contribution in [0.1, 0.15) is 35.3 Å². The van der Waals surface area contributed by atoms with Crippen molar-refractivity contribution in [1.29, 1.82) is 0 Å². The standard InChI is InChI=1S/C28H30FN7O2/c1-28(2,27(38)30-10-12-35(3)4)17-5-8-23(31-14-17)34-21-7-6-19(20-15-33-26(37)25(20)21)22-16-32-24-13-18(29)9-11-36(22)24/h5-9,11,13-14,16H,10,12,15H2,1-4H3,(H,30,38)(H,31,34)(H,33,37). The summed E-state index contributed by atoms with van der Waals surface area (Å²) in [6.45, 7) is 5.43. The summed E-state index contributed by atoms with van der Waals surface area (Å²) in [5.74, 6) is -0.0564. The number of amides is 2. The van der Waals surface area contributed by atoms with Gasteiger partial charge in [-0.1, -0.05) is 12.1 Å². The molecule has 3 N–H and O–H groups in total. The fourth-order valence-corrected chi connectivity index (χ4v) is 4.57. The van der Waals surface area contributed by atoms with Crippen molar-refractivity contribution < 1.29 is 14.0 Å². The lowest BCUT2D eigenvalue weighted by Crippen LogP contribution is -2.42. The van der Waals surface area contributed by atoms with Gasteiger partial charge in [-0.2, -0.15) is 0 Å². The van der Waals surface area contributed by atoms with E-state index in [0.29, 0.717) is 35.8 Å². The fraction of sp³-hybridized carbons (Fsp3) is 0.286. The minimum Gasteiger partial charge on any atom is -0.354 e. The second kappa shape index (κ2) is 9.86. The first-order valence-corrected chi connectivity index (χ1v) is 12.4. The third kappa shape index (κ3) is 4.70. The molecule has 10 heteroatoms. The highest BCUT2D eigenvalue weighted by atomic mass is 19.1. The lowest BCUT2D eigenvalue weighted by Gasteiger charge is -2.24. The SMILES string of the molecule is CN(C)CCNC(=O)C(C)(C)c1ccc(Nc2ccc(-c3cnc4cc(F)ccn34)c3c2C(=O)NC3)nc1. The molecule has 1 aliphatic heterocycles. The van der Waals surface area contributed by atoms with E-state index < -0.39 is 5.41 Å². The predicted octanol–water partition coefficient (Wildman–Crippen LogP) is 3.48. The van der Waals surface area contributed by atoms with Crippen molar-refractivity contribution in [2.24, 2.45) is 0 Å². The van der Waals surface area contributed by atoms with E-state index in [1.54, 1.807) is 29.1 Å². The molecular formula is C28H30FN7O2. The molecule has 0 saturated carbocycles. The van der Waals surface area contributed by atoms with Gasteiger partial charge in [0, 0.05) is 43.7 Å². The fourth-order valence-electron chi connectivity index (χ4n) is 4.57. The van der Waals surface area contributed by atoms with Crippen molar-refractivity contribution in [1.82, 2.24) is 29.9 Å². The van der Waals surface area contributed by atoms with Crippen LogP contribution in [0.2, 0.25) is 0 Å². The molecule has 9 nitrogen and oxygen atoms in total. The number of hydrogen-bond acceptors (Lipinski definition) is 6. The first-order chi connectivity index (χ1) is 18.1. The smallest absolute Gasteiger partial charge is 0.254 e. The number of fused-ring (bicyclic) bond motifs is 2. The van der Waals surface area contributed by atoms with Crippen molar-refractivity contribution >= 4 is 29.0 Å². The summed E-state index contributed by atoms with van der Waals surface area (Å²) in [5, 5.41) is 9.13. The number of hydrogen-bond donors (Lipinski definition) is 3. The molecule has 0 atom stereocenters. The van der Waals surface area contributed by atoms with Gasteiger partial charge in [0.25, 0.3) is 5.91 Å². The van der Waals surface area contributed by atoms with Gasteiger partial charge in [-0.3, -0.25) is 14.0 Å². The Labute approximate surface area is 220 Å². The van der Waals surface area contributed by atoms with Crippen LogP contribution in [0, 0.1) is 5.82 Å². The first-order valence-electron chi connectivity index (χ1n) is 12.4. The minimum absolute atomic E-state index is 0.0675. The number of carbonyl (C=O) groups excluding carboxylic acids is 2. The number of pyridine rings is 2. The van der Waals surface area contributed by atoms with Crippen molar-refractivity contribution in [2.75, 3.05) is 32.5 Å². The van der Waals surface area contributed by atoms with E-state index in [2.05, 4.69) is 25.9 Å². The molecule has 0 bridgehead atoms. The number of anilines is 2. The van der Waals surface area contributed by atoms with Crippen LogP contribution in [-0.2, 0) is 16.8 Å². The predicted molar refractivity (Wildman–Crippen MR) is 144 cm³/mol. The van der Waals surface area contributed by atoms with E-state index >= 15 is 0 Å². The van der Waals surface area contributed by atoms with E-state index in [-0.39, 0.29) is 17.6 Å². The summed E-state index contributed by atoms with van der Waals surface area (Å²) in [6.07, 6.45) is 4.99. The van der Waals surface area contributed by atoms with Crippen LogP contribution in [0.4, 0.5) is 15.9 Å². The Morgan fingerprint density at radius 1 is 1.16 bits per heavy atom. The quantitative estimate of drug-likeness (QED) is 0.332. The van der Waals surface area contributed by atoms with Gasteiger partial charge in [-0.15, -0.1) is 0 Å². The van der Waals surface area contributed by atoms with Crippen molar-refractivity contribution in [3.8, 4) is 11.3 Å². The van der Waals surface area contributed by atoms with Crippen LogP contribution in [0.25, 0.3) is 16.9 Å². The topological polar surface area (TPSA) is 104 Å². The van der Waals surface area contributed by atoms with Gasteiger partial charge in [0.15, 0.2) is 0 Å². The van der Waals surface area contributed by atoms with Gasteiger partial charge in [0.05, 0.1) is 28.6 Å². The van der Waals surface area contributed by atoms with Gasteiger partial charge < -0.3 is 20.9 Å². The van der Waals surface area contributed by atoms with Gasteiger partial charge in [-0.25, -0.2) is 14.4 Å². The first kappa shape index (κ1) is 25.3. The number of nitrogens with zero attached hydrogens (tertiary/aromatic N) is 4. The van der Waals surface area contributed by atoms with E-state index in [9.17, 15) is 14.0 Å². The average Bonchev–Trinajstić information content (AvgIpc) is 3.48. The molecule has 2 amide bonds. The maximum absolute atomic E-state index is 13.6. The molecule has 0 unspecified atom stereocenters. The zero-order valence-corrected chi connectivity index (χ0v) is 21.8. The Morgan fingerprint density at radius 3 is 2.71 bits per heavy atom. The Hall–Kier alpha value is -4.31. The van der Waals surface area contributed by atoms with Gasteiger partial charge in [-0.05, 0) is 57.3 Å². The molecule has 0 saturated heterocycles. The molecule has 0 spiro atoms. The summed E-state index contributed by atoms with van der Waals surface area (Å²) in [5.41, 5.74) is 4.13. The number of benzene rings is 1. The number of aromatic nitrogens is 3. The van der Waals surface area contributed by atoms with Crippen LogP contribution >= 0.6 is 0 Å². The van der Waals surface area contributed by atoms with E-state index in [0.717, 1.165) is 28.9 Å². The van der Waals surface area contributed by atoms with Crippen LogP contribution in [0.15, 0.2) is 55.0 Å². The molecule has 5 rings (SSSR count). The van der Waals surface area contributed by atoms with Crippen molar-refractivity contribution in [3.05, 3.63) is 77.5 Å². The van der Waals surface area contributed by atoms with Crippen molar-refractivity contribution in [2.45, 2.75) is 25.8 Å². The summed E-state index contributed by atoms with van der Waals surface area (Å²) in [4.78, 5) is 36.4. The molecule has 38 heavy (non-hydrogen) atoms. The highest BCUT2D eigenvalue weighted by Crippen LogP contribution is 2.35. The van der Waals surface area contributed by atoms with Gasteiger partial charge in [0.1, 0.15) is 17.3 Å². The summed E-state index contributed by atoms with van der Waals surface area (Å²) >= 11 is 0. The lowest BCUT2D eigenvalue weighted by atomic mass is 9.84. The van der Waals surface area contributed by atoms with Crippen LogP contribution in [0.5, 0.6) is 0 Å². The molecule has 1 aliphatic rings. The number of likely N-dealkylation sites (N-methyl/N-ethyl adjacent to an activating group) is 1. The molecule has 0 aliphatic carbocycles.